The lowest BCUT2D eigenvalue weighted by molar-refractivity contribution is 0.0953. The maximum absolute atomic E-state index is 12.0. The van der Waals surface area contributed by atoms with Gasteiger partial charge < -0.3 is 16.0 Å². The largest absolute Gasteiger partial charge is 0.357 e. The number of guanidine groups is 1. The first-order valence-corrected chi connectivity index (χ1v) is 11.9. The Kier molecular flexibility index (Phi) is 11.5. The minimum Gasteiger partial charge on any atom is -0.357 e. The highest BCUT2D eigenvalue weighted by atomic mass is 127. The van der Waals surface area contributed by atoms with Gasteiger partial charge in [0.25, 0.3) is 5.91 Å². The van der Waals surface area contributed by atoms with E-state index in [1.807, 2.05) is 31.2 Å². The normalized spacial score (nSPS) is 11.4. The fraction of sp³-hybridized carbons (Fsp3) is 0.364. The molecule has 7 nitrogen and oxygen atoms in total. The van der Waals surface area contributed by atoms with E-state index in [0.717, 1.165) is 24.1 Å². The van der Waals surface area contributed by atoms with Gasteiger partial charge in [0.2, 0.25) is 0 Å². The number of hydrogen-bond donors (Lipinski definition) is 3. The summed E-state index contributed by atoms with van der Waals surface area (Å²) in [4.78, 5) is 16.9. The number of amides is 1. The van der Waals surface area contributed by atoms with Crippen LogP contribution in [0.25, 0.3) is 0 Å². The molecule has 0 aliphatic rings. The molecule has 170 valence electrons. The predicted molar refractivity (Wildman–Crippen MR) is 136 cm³/mol. The van der Waals surface area contributed by atoms with Crippen LogP contribution in [0.5, 0.6) is 0 Å². The van der Waals surface area contributed by atoms with E-state index in [0.29, 0.717) is 36.1 Å². The van der Waals surface area contributed by atoms with Gasteiger partial charge in [0.05, 0.1) is 11.4 Å². The van der Waals surface area contributed by atoms with E-state index >= 15 is 0 Å². The Morgan fingerprint density at radius 3 is 2.29 bits per heavy atom. The average molecular weight is 558 g/mol. The second-order valence-electron chi connectivity index (χ2n) is 6.97. The third-order valence-electron chi connectivity index (χ3n) is 4.37. The molecule has 1 amide bonds. The van der Waals surface area contributed by atoms with Crippen LogP contribution in [0.3, 0.4) is 0 Å². The van der Waals surface area contributed by atoms with E-state index < -0.39 is 9.84 Å². The summed E-state index contributed by atoms with van der Waals surface area (Å²) in [6, 6.07) is 14.4. The minimum atomic E-state index is -3.22. The highest BCUT2D eigenvalue weighted by Crippen LogP contribution is 2.17. The van der Waals surface area contributed by atoms with E-state index in [1.54, 1.807) is 31.2 Å². The van der Waals surface area contributed by atoms with Crippen LogP contribution in [0.4, 0.5) is 0 Å². The monoisotopic (exact) mass is 558 g/mol. The van der Waals surface area contributed by atoms with E-state index in [1.165, 1.54) is 6.26 Å². The molecule has 0 saturated carbocycles. The molecule has 3 N–H and O–H groups in total. The molecule has 0 aliphatic carbocycles. The van der Waals surface area contributed by atoms with Gasteiger partial charge in [-0.25, -0.2) is 13.4 Å². The molecule has 0 spiro atoms. The summed E-state index contributed by atoms with van der Waals surface area (Å²) in [5.41, 5.74) is 2.31. The summed E-state index contributed by atoms with van der Waals surface area (Å²) < 4.78 is 23.5. The molecule has 9 heteroatoms. The van der Waals surface area contributed by atoms with Gasteiger partial charge in [-0.1, -0.05) is 30.3 Å². The van der Waals surface area contributed by atoms with Crippen LogP contribution in [0, 0.1) is 6.92 Å². The molecule has 2 aromatic rings. The molecule has 0 fully saturated rings. The van der Waals surface area contributed by atoms with Gasteiger partial charge in [-0.2, -0.15) is 0 Å². The summed E-state index contributed by atoms with van der Waals surface area (Å²) in [5.74, 6) is 0.598. The number of nitrogens with zero attached hydrogens (tertiary/aromatic N) is 1. The van der Waals surface area contributed by atoms with Crippen molar-refractivity contribution in [2.75, 3.05) is 25.9 Å². The highest BCUT2D eigenvalue weighted by molar-refractivity contribution is 14.0. The van der Waals surface area contributed by atoms with E-state index in [4.69, 9.17) is 0 Å². The van der Waals surface area contributed by atoms with Gasteiger partial charge in [0, 0.05) is 31.5 Å². The highest BCUT2D eigenvalue weighted by Gasteiger charge is 2.10. The number of sulfone groups is 1. The number of carbonyl (C=O) groups is 1. The Morgan fingerprint density at radius 2 is 1.68 bits per heavy atom. The van der Waals surface area contributed by atoms with Crippen molar-refractivity contribution in [3.8, 4) is 0 Å². The molecule has 0 atom stereocenters. The maximum Gasteiger partial charge on any atom is 0.251 e. The lowest BCUT2D eigenvalue weighted by atomic mass is 10.1. The smallest absolute Gasteiger partial charge is 0.251 e. The molecule has 0 unspecified atom stereocenters. The Bertz CT molecular complexity index is 980. The summed E-state index contributed by atoms with van der Waals surface area (Å²) in [6.07, 6.45) is 1.97. The molecule has 0 aromatic heterocycles. The maximum atomic E-state index is 12.0. The first kappa shape index (κ1) is 26.9. The minimum absolute atomic E-state index is 0. The third kappa shape index (κ3) is 9.26. The molecule has 0 aliphatic heterocycles. The Morgan fingerprint density at radius 1 is 1.00 bits per heavy atom. The van der Waals surface area contributed by atoms with E-state index in [2.05, 4.69) is 20.9 Å². The van der Waals surface area contributed by atoms with Gasteiger partial charge in [-0.05, 0) is 49.6 Å². The van der Waals surface area contributed by atoms with Gasteiger partial charge in [-0.15, -0.1) is 24.0 Å². The molecular formula is C22H31IN4O3S. The molecule has 2 rings (SSSR count). The average Bonchev–Trinajstić information content (AvgIpc) is 2.71. The van der Waals surface area contributed by atoms with Crippen LogP contribution >= 0.6 is 24.0 Å². The molecule has 0 radical (unpaired) electrons. The van der Waals surface area contributed by atoms with Crippen LogP contribution in [0.15, 0.2) is 58.4 Å². The van der Waals surface area contributed by atoms with Crippen molar-refractivity contribution < 1.29 is 13.2 Å². The van der Waals surface area contributed by atoms with Crippen molar-refractivity contribution >= 4 is 45.7 Å². The van der Waals surface area contributed by atoms with Gasteiger partial charge in [0.15, 0.2) is 15.8 Å². The van der Waals surface area contributed by atoms with Crippen molar-refractivity contribution in [3.05, 3.63) is 65.2 Å². The number of benzene rings is 2. The van der Waals surface area contributed by atoms with Crippen molar-refractivity contribution in [1.29, 1.82) is 0 Å². The summed E-state index contributed by atoms with van der Waals surface area (Å²) >= 11 is 0. The van der Waals surface area contributed by atoms with Crippen LogP contribution in [0.2, 0.25) is 0 Å². The summed E-state index contributed by atoms with van der Waals surface area (Å²) in [5, 5.41) is 9.33. The van der Waals surface area contributed by atoms with Gasteiger partial charge in [0.1, 0.15) is 0 Å². The molecule has 0 bridgehead atoms. The predicted octanol–water partition coefficient (Wildman–Crippen LogP) is 2.89. The fourth-order valence-electron chi connectivity index (χ4n) is 2.93. The van der Waals surface area contributed by atoms with Crippen molar-refractivity contribution in [1.82, 2.24) is 16.0 Å². The molecule has 2 aromatic carbocycles. The van der Waals surface area contributed by atoms with Crippen LogP contribution in [-0.4, -0.2) is 46.2 Å². The van der Waals surface area contributed by atoms with Gasteiger partial charge in [-0.3, -0.25) is 4.79 Å². The van der Waals surface area contributed by atoms with Crippen molar-refractivity contribution in [2.24, 2.45) is 4.99 Å². The number of aliphatic imine (C=N–C) groups is 1. The Balaban J connectivity index is 0.00000480. The zero-order valence-corrected chi connectivity index (χ0v) is 21.3. The number of hydrogen-bond acceptors (Lipinski definition) is 4. The van der Waals surface area contributed by atoms with E-state index in [9.17, 15) is 13.2 Å². The zero-order valence-electron chi connectivity index (χ0n) is 18.1. The number of rotatable bonds is 9. The quantitative estimate of drug-likeness (QED) is 0.190. The molecular weight excluding hydrogens is 527 g/mol. The lowest BCUT2D eigenvalue weighted by Gasteiger charge is -2.12. The second kappa shape index (κ2) is 13.3. The number of halogens is 1. The number of nitrogens with one attached hydrogen (secondary N) is 3. The van der Waals surface area contributed by atoms with Crippen LogP contribution in [0.1, 0.15) is 34.8 Å². The lowest BCUT2D eigenvalue weighted by Crippen LogP contribution is -2.38. The Labute approximate surface area is 202 Å². The summed E-state index contributed by atoms with van der Waals surface area (Å²) in [7, 11) is -3.22. The number of carbonyl (C=O) groups excluding carboxylic acids is 1. The molecule has 0 saturated heterocycles. The molecule has 31 heavy (non-hydrogen) atoms. The topological polar surface area (TPSA) is 99.7 Å². The third-order valence-corrected chi connectivity index (χ3v) is 5.63. The van der Waals surface area contributed by atoms with Crippen LogP contribution in [-0.2, 0) is 16.4 Å². The zero-order chi connectivity index (χ0) is 22.0. The number of aryl methyl sites for hydroxylation is 1. The van der Waals surface area contributed by atoms with Crippen molar-refractivity contribution in [2.45, 2.75) is 31.7 Å². The Hall–Kier alpha value is -2.14. The molecule has 0 heterocycles. The summed E-state index contributed by atoms with van der Waals surface area (Å²) in [6.45, 7) is 6.16. The van der Waals surface area contributed by atoms with Crippen LogP contribution < -0.4 is 16.0 Å². The first-order valence-electron chi connectivity index (χ1n) is 9.96. The first-order chi connectivity index (χ1) is 14.3. The standard InChI is InChI=1S/C22H30N4O3S.HI/c1-4-23-22(25-14-8-13-24-21(27)19-9-6-5-7-10-19)26-16-18-11-12-20(17(2)15-18)30(3,28)29;/h5-7,9-12,15H,4,8,13-14,16H2,1-3H3,(H,24,27)(H2,23,25,26);1H. The van der Waals surface area contributed by atoms with Gasteiger partial charge >= 0.3 is 0 Å². The van der Waals surface area contributed by atoms with Crippen molar-refractivity contribution in [3.63, 3.8) is 0 Å². The second-order valence-corrected chi connectivity index (χ2v) is 8.95. The fourth-order valence-corrected chi connectivity index (χ4v) is 3.89. The van der Waals surface area contributed by atoms with E-state index in [-0.39, 0.29) is 29.9 Å². The SMILES string of the molecule is CCNC(=NCc1ccc(S(C)(=O)=O)c(C)c1)NCCCNC(=O)c1ccccc1.I.